The number of hydrogen-bond donors (Lipinski definition) is 1. The number of carbonyl (C=O) groups excluding carboxylic acids is 1. The Morgan fingerprint density at radius 3 is 2.39 bits per heavy atom. The molecule has 2 N–H and O–H groups in total. The van der Waals surface area contributed by atoms with Crippen LogP contribution < -0.4 is 16.0 Å². The van der Waals surface area contributed by atoms with E-state index in [1.807, 2.05) is 0 Å². The normalized spacial score (nSPS) is 16.4. The van der Waals surface area contributed by atoms with Crippen LogP contribution >= 0.6 is 0 Å². The average molecular weight is 394 g/mol. The Morgan fingerprint density at radius 1 is 1.25 bits per heavy atom. The summed E-state index contributed by atoms with van der Waals surface area (Å²) in [7, 11) is 2.68. The Hall–Kier alpha value is -3.23. The molecule has 1 aliphatic heterocycles. The van der Waals surface area contributed by atoms with Crippen LogP contribution in [0.1, 0.15) is 28.3 Å². The van der Waals surface area contributed by atoms with Crippen molar-refractivity contribution in [1.82, 2.24) is 4.57 Å². The smallest absolute Gasteiger partial charge is 0.416 e. The van der Waals surface area contributed by atoms with E-state index in [-0.39, 0.29) is 28.3 Å². The third kappa shape index (κ3) is 3.12. The van der Waals surface area contributed by atoms with Crippen molar-refractivity contribution in [3.63, 3.8) is 0 Å². The Bertz CT molecular complexity index is 1040. The van der Waals surface area contributed by atoms with E-state index >= 15 is 0 Å². The maximum atomic E-state index is 12.9. The number of nitrogens with two attached hydrogens (primary N) is 1. The zero-order chi connectivity index (χ0) is 20.8. The average Bonchev–Trinajstić information content (AvgIpc) is 2.64. The molecular weight excluding hydrogens is 377 g/mol. The highest BCUT2D eigenvalue weighted by Gasteiger charge is 2.38. The van der Waals surface area contributed by atoms with Gasteiger partial charge in [0.1, 0.15) is 11.3 Å². The minimum Gasteiger partial charge on any atom is -0.465 e. The molecule has 1 unspecified atom stereocenters. The first-order chi connectivity index (χ1) is 13.1. The molecule has 6 nitrogen and oxygen atoms in total. The number of aromatic nitrogens is 1. The Morgan fingerprint density at radius 2 is 1.86 bits per heavy atom. The third-order valence-corrected chi connectivity index (χ3v) is 4.71. The second-order valence-corrected chi connectivity index (χ2v) is 6.35. The van der Waals surface area contributed by atoms with Gasteiger partial charge in [0.25, 0.3) is 5.56 Å². The molecular formula is C19H17F3N2O4. The predicted molar refractivity (Wildman–Crippen MR) is 93.6 cm³/mol. The van der Waals surface area contributed by atoms with E-state index in [1.54, 1.807) is 20.0 Å². The van der Waals surface area contributed by atoms with Gasteiger partial charge in [0.2, 0.25) is 5.88 Å². The Balaban J connectivity index is 2.28. The van der Waals surface area contributed by atoms with Crippen LogP contribution in [-0.2, 0) is 22.8 Å². The highest BCUT2D eigenvalue weighted by atomic mass is 19.4. The number of methoxy groups -OCH3 is 1. The fraction of sp³-hybridized carbons (Fsp3) is 0.263. The van der Waals surface area contributed by atoms with Crippen LogP contribution in [0.25, 0.3) is 0 Å². The van der Waals surface area contributed by atoms with Gasteiger partial charge < -0.3 is 19.8 Å². The monoisotopic (exact) mass is 394 g/mol. The van der Waals surface area contributed by atoms with Crippen molar-refractivity contribution in [2.75, 3.05) is 7.11 Å². The van der Waals surface area contributed by atoms with Crippen LogP contribution in [0.4, 0.5) is 13.2 Å². The first kappa shape index (κ1) is 19.5. The highest BCUT2D eigenvalue weighted by Crippen LogP contribution is 2.41. The van der Waals surface area contributed by atoms with E-state index in [2.05, 4.69) is 0 Å². The minimum atomic E-state index is -4.51. The van der Waals surface area contributed by atoms with Crippen molar-refractivity contribution in [3.8, 4) is 5.75 Å². The molecule has 9 heteroatoms. The molecule has 3 rings (SSSR count). The number of hydrogen-bond acceptors (Lipinski definition) is 5. The van der Waals surface area contributed by atoms with E-state index < -0.39 is 29.2 Å². The molecule has 0 saturated heterocycles. The lowest BCUT2D eigenvalue weighted by molar-refractivity contribution is -0.138. The zero-order valence-corrected chi connectivity index (χ0v) is 15.3. The van der Waals surface area contributed by atoms with E-state index in [1.165, 1.54) is 16.7 Å². The molecule has 0 bridgehead atoms. The number of fused-ring (bicyclic) bond motifs is 1. The van der Waals surface area contributed by atoms with Crippen LogP contribution in [0.3, 0.4) is 0 Å². The van der Waals surface area contributed by atoms with Gasteiger partial charge in [0.05, 0.1) is 24.2 Å². The summed E-state index contributed by atoms with van der Waals surface area (Å²) >= 11 is 0. The van der Waals surface area contributed by atoms with Crippen LogP contribution in [0.15, 0.2) is 46.6 Å². The van der Waals surface area contributed by atoms with Gasteiger partial charge in [-0.3, -0.25) is 4.79 Å². The lowest BCUT2D eigenvalue weighted by Gasteiger charge is -2.28. The van der Waals surface area contributed by atoms with Gasteiger partial charge in [-0.15, -0.1) is 0 Å². The van der Waals surface area contributed by atoms with Crippen LogP contribution in [-0.4, -0.2) is 17.6 Å². The van der Waals surface area contributed by atoms with E-state index in [0.717, 1.165) is 19.2 Å². The fourth-order valence-corrected chi connectivity index (χ4v) is 3.15. The summed E-state index contributed by atoms with van der Waals surface area (Å²) < 4.78 is 50.3. The summed E-state index contributed by atoms with van der Waals surface area (Å²) in [6.45, 7) is 1.69. The van der Waals surface area contributed by atoms with Crippen LogP contribution in [0.5, 0.6) is 5.75 Å². The number of nitrogens with zero attached hydrogens (tertiary/aromatic N) is 1. The third-order valence-electron chi connectivity index (χ3n) is 4.71. The van der Waals surface area contributed by atoms with Gasteiger partial charge in [-0.1, -0.05) is 12.1 Å². The summed E-state index contributed by atoms with van der Waals surface area (Å²) in [5.41, 5.74) is 5.43. The summed E-state index contributed by atoms with van der Waals surface area (Å²) in [5, 5.41) is 0. The lowest BCUT2D eigenvalue weighted by Crippen LogP contribution is -2.34. The van der Waals surface area contributed by atoms with Crippen molar-refractivity contribution in [2.24, 2.45) is 12.8 Å². The Labute approximate surface area is 158 Å². The molecule has 0 aliphatic carbocycles. The van der Waals surface area contributed by atoms with Gasteiger partial charge in [-0.05, 0) is 24.6 Å². The second kappa shape index (κ2) is 6.74. The molecule has 2 aromatic rings. The first-order valence-electron chi connectivity index (χ1n) is 8.19. The number of ether oxygens (including phenoxy) is 2. The molecule has 0 saturated carbocycles. The van der Waals surface area contributed by atoms with Crippen molar-refractivity contribution in [3.05, 3.63) is 74.5 Å². The van der Waals surface area contributed by atoms with Crippen molar-refractivity contribution in [2.45, 2.75) is 19.0 Å². The highest BCUT2D eigenvalue weighted by molar-refractivity contribution is 5.92. The van der Waals surface area contributed by atoms with E-state index in [4.69, 9.17) is 15.2 Å². The SMILES string of the molecule is COC(=O)C1=C(N)Oc2cc(C)n(C)c(=O)c2C1c1ccc(C(F)(F)F)cc1. The minimum absolute atomic E-state index is 0.0995. The van der Waals surface area contributed by atoms with E-state index in [0.29, 0.717) is 5.69 Å². The number of rotatable bonds is 2. The van der Waals surface area contributed by atoms with E-state index in [9.17, 15) is 22.8 Å². The van der Waals surface area contributed by atoms with Crippen molar-refractivity contribution < 1.29 is 27.4 Å². The number of alkyl halides is 3. The number of esters is 1. The molecule has 1 aromatic heterocycles. The molecule has 28 heavy (non-hydrogen) atoms. The van der Waals surface area contributed by atoms with Crippen LogP contribution in [0, 0.1) is 6.92 Å². The molecule has 2 heterocycles. The molecule has 0 amide bonds. The standard InChI is InChI=1S/C19H17F3N2O4/c1-9-8-12-14(17(25)24(9)2)13(15(16(23)28-12)18(26)27-3)10-4-6-11(7-5-10)19(20,21)22/h4-8,13H,23H2,1-3H3. The molecule has 0 radical (unpaired) electrons. The molecule has 1 aromatic carbocycles. The lowest BCUT2D eigenvalue weighted by atomic mass is 9.83. The van der Waals surface area contributed by atoms with Crippen molar-refractivity contribution >= 4 is 5.97 Å². The summed E-state index contributed by atoms with van der Waals surface area (Å²) in [6.07, 6.45) is -4.51. The second-order valence-electron chi connectivity index (χ2n) is 6.35. The largest absolute Gasteiger partial charge is 0.465 e. The summed E-state index contributed by atoms with van der Waals surface area (Å²) in [5.74, 6) is -1.99. The summed E-state index contributed by atoms with van der Waals surface area (Å²) in [6, 6.07) is 5.76. The van der Waals surface area contributed by atoms with Crippen molar-refractivity contribution in [1.29, 1.82) is 0 Å². The topological polar surface area (TPSA) is 83.5 Å². The maximum Gasteiger partial charge on any atom is 0.416 e. The van der Waals surface area contributed by atoms with Gasteiger partial charge in [0, 0.05) is 18.8 Å². The predicted octanol–water partition coefficient (Wildman–Crippen LogP) is 2.58. The molecule has 0 spiro atoms. The number of aryl methyl sites for hydroxylation is 1. The maximum absolute atomic E-state index is 12.9. The molecule has 148 valence electrons. The fourth-order valence-electron chi connectivity index (χ4n) is 3.15. The quantitative estimate of drug-likeness (QED) is 0.792. The number of benzene rings is 1. The van der Waals surface area contributed by atoms with Gasteiger partial charge in [-0.2, -0.15) is 13.2 Å². The van der Waals surface area contributed by atoms with Gasteiger partial charge in [0.15, 0.2) is 0 Å². The van der Waals surface area contributed by atoms with Gasteiger partial charge >= 0.3 is 12.1 Å². The number of halogens is 3. The summed E-state index contributed by atoms with van der Waals surface area (Å²) in [4.78, 5) is 25.2. The number of carbonyl (C=O) groups is 1. The molecule has 0 fully saturated rings. The molecule has 1 atom stereocenters. The molecule has 1 aliphatic rings. The van der Waals surface area contributed by atoms with Crippen LogP contribution in [0.2, 0.25) is 0 Å². The zero-order valence-electron chi connectivity index (χ0n) is 15.3. The van der Waals surface area contributed by atoms with Gasteiger partial charge in [-0.25, -0.2) is 4.79 Å². The Kier molecular flexibility index (Phi) is 4.70. The first-order valence-corrected chi connectivity index (χ1v) is 8.19. The number of pyridine rings is 1.